The highest BCUT2D eigenvalue weighted by Crippen LogP contribution is 2.35. The van der Waals surface area contributed by atoms with E-state index < -0.39 is 0 Å². The molecule has 4 aromatic rings. The maximum absolute atomic E-state index is 6.71. The van der Waals surface area contributed by atoms with Crippen molar-refractivity contribution in [3.8, 4) is 0 Å². The largest absolute Gasteiger partial charge is 0.368 e. The van der Waals surface area contributed by atoms with E-state index in [4.69, 9.17) is 11.6 Å². The maximum Gasteiger partial charge on any atom is 0.162 e. The number of rotatable bonds is 3. The number of hydrogen-bond donors (Lipinski definition) is 3. The Bertz CT molecular complexity index is 1230. The Morgan fingerprint density at radius 1 is 1.13 bits per heavy atom. The van der Waals surface area contributed by atoms with Crippen LogP contribution in [0.3, 0.4) is 0 Å². The maximum atomic E-state index is 6.71. The van der Waals surface area contributed by atoms with Crippen LogP contribution in [0.4, 0.5) is 17.3 Å². The molecule has 1 aromatic carbocycles. The molecule has 8 nitrogen and oxygen atoms in total. The molecule has 3 aromatic heterocycles. The number of nitrogens with one attached hydrogen (secondary N) is 3. The van der Waals surface area contributed by atoms with Crippen LogP contribution in [-0.4, -0.2) is 50.0 Å². The standard InChI is InChI=1S/C21H25ClN8/c1-11-8-29(9-12(2)23-11)15-5-16(22)20-17(6-15)26-27-21(20)25-19-7-18-14(4)24-13(3)10-30(18)28-19/h5-7,10-12,23H,8-9H2,1-4H3,(H2,25,26,27,28)/t11-,12-/m0/s1. The van der Waals surface area contributed by atoms with Gasteiger partial charge in [-0.1, -0.05) is 11.6 Å². The summed E-state index contributed by atoms with van der Waals surface area (Å²) in [5, 5.41) is 20.6. The van der Waals surface area contributed by atoms with Crippen molar-refractivity contribution in [1.29, 1.82) is 0 Å². The molecule has 0 amide bonds. The van der Waals surface area contributed by atoms with Crippen LogP contribution in [0.1, 0.15) is 25.2 Å². The molecule has 0 bridgehead atoms. The third-order valence-electron chi connectivity index (χ3n) is 5.53. The molecule has 1 fully saturated rings. The van der Waals surface area contributed by atoms with Crippen LogP contribution in [0.2, 0.25) is 5.02 Å². The highest BCUT2D eigenvalue weighted by atomic mass is 35.5. The van der Waals surface area contributed by atoms with Gasteiger partial charge in [-0.05, 0) is 39.8 Å². The summed E-state index contributed by atoms with van der Waals surface area (Å²) in [4.78, 5) is 6.87. The average molecular weight is 425 g/mol. The minimum absolute atomic E-state index is 0.429. The first-order chi connectivity index (χ1) is 14.4. The van der Waals surface area contributed by atoms with Crippen LogP contribution in [0.5, 0.6) is 0 Å². The summed E-state index contributed by atoms with van der Waals surface area (Å²) >= 11 is 6.71. The lowest BCUT2D eigenvalue weighted by atomic mass is 10.1. The topological polar surface area (TPSA) is 86.2 Å². The van der Waals surface area contributed by atoms with Gasteiger partial charge < -0.3 is 15.5 Å². The number of anilines is 3. The number of halogens is 1. The number of H-pyrrole nitrogens is 1. The predicted octanol–water partition coefficient (Wildman–Crippen LogP) is 3.81. The fourth-order valence-electron chi connectivity index (χ4n) is 4.38. The molecule has 3 N–H and O–H groups in total. The number of piperazine rings is 1. The van der Waals surface area contributed by atoms with Crippen molar-refractivity contribution in [3.05, 3.63) is 40.8 Å². The SMILES string of the molecule is Cc1cn2nc(Nc3n[nH]c4cc(N5C[C@H](C)N[C@@H](C)C5)cc(Cl)c34)cc2c(C)n1. The Kier molecular flexibility index (Phi) is 4.56. The molecule has 30 heavy (non-hydrogen) atoms. The molecule has 1 aliphatic rings. The third kappa shape index (κ3) is 3.36. The van der Waals surface area contributed by atoms with E-state index in [0.717, 1.165) is 46.6 Å². The Morgan fingerprint density at radius 2 is 1.90 bits per heavy atom. The monoisotopic (exact) mass is 424 g/mol. The van der Waals surface area contributed by atoms with Crippen molar-refractivity contribution in [2.24, 2.45) is 0 Å². The first-order valence-corrected chi connectivity index (χ1v) is 10.5. The highest BCUT2D eigenvalue weighted by Gasteiger charge is 2.23. The molecular weight excluding hydrogens is 400 g/mol. The first kappa shape index (κ1) is 19.1. The van der Waals surface area contributed by atoms with E-state index in [2.05, 4.69) is 55.7 Å². The minimum atomic E-state index is 0.429. The Labute approximate surface area is 179 Å². The molecule has 5 rings (SSSR count). The van der Waals surface area contributed by atoms with Crippen LogP contribution < -0.4 is 15.5 Å². The van der Waals surface area contributed by atoms with E-state index in [1.165, 1.54) is 0 Å². The first-order valence-electron chi connectivity index (χ1n) is 10.2. The Balaban J connectivity index is 1.48. The highest BCUT2D eigenvalue weighted by molar-refractivity contribution is 6.36. The second kappa shape index (κ2) is 7.14. The number of benzene rings is 1. The third-order valence-corrected chi connectivity index (χ3v) is 5.83. The number of aromatic amines is 1. The lowest BCUT2D eigenvalue weighted by molar-refractivity contribution is 0.407. The van der Waals surface area contributed by atoms with Crippen LogP contribution in [-0.2, 0) is 0 Å². The van der Waals surface area contributed by atoms with Crippen molar-refractivity contribution in [3.63, 3.8) is 0 Å². The molecule has 1 saturated heterocycles. The van der Waals surface area contributed by atoms with Crippen LogP contribution in [0, 0.1) is 13.8 Å². The van der Waals surface area contributed by atoms with Crippen molar-refractivity contribution in [1.82, 2.24) is 30.1 Å². The minimum Gasteiger partial charge on any atom is -0.368 e. The number of aryl methyl sites for hydroxylation is 2. The number of aromatic nitrogens is 5. The molecule has 2 atom stereocenters. The van der Waals surface area contributed by atoms with E-state index in [1.54, 1.807) is 0 Å². The molecule has 9 heteroatoms. The van der Waals surface area contributed by atoms with Crippen LogP contribution in [0.15, 0.2) is 24.4 Å². The summed E-state index contributed by atoms with van der Waals surface area (Å²) in [5.41, 5.74) is 4.82. The van der Waals surface area contributed by atoms with E-state index in [0.29, 0.717) is 28.7 Å². The molecule has 156 valence electrons. The van der Waals surface area contributed by atoms with Gasteiger partial charge in [0, 0.05) is 36.9 Å². The van der Waals surface area contributed by atoms with Gasteiger partial charge in [0.2, 0.25) is 0 Å². The second-order valence-corrected chi connectivity index (χ2v) is 8.66. The Hall–Kier alpha value is -2.84. The molecule has 0 aliphatic carbocycles. The van der Waals surface area contributed by atoms with Gasteiger partial charge in [-0.25, -0.2) is 4.52 Å². The zero-order valence-electron chi connectivity index (χ0n) is 17.5. The van der Waals surface area contributed by atoms with Gasteiger partial charge in [0.25, 0.3) is 0 Å². The molecular formula is C21H25ClN8. The predicted molar refractivity (Wildman–Crippen MR) is 121 cm³/mol. The van der Waals surface area contributed by atoms with Gasteiger partial charge >= 0.3 is 0 Å². The van der Waals surface area contributed by atoms with E-state index in [9.17, 15) is 0 Å². The van der Waals surface area contributed by atoms with Gasteiger partial charge in [-0.15, -0.1) is 5.10 Å². The molecule has 0 unspecified atom stereocenters. The normalized spacial score (nSPS) is 19.7. The van der Waals surface area contributed by atoms with E-state index in [1.807, 2.05) is 36.7 Å². The summed E-state index contributed by atoms with van der Waals surface area (Å²) in [7, 11) is 0. The van der Waals surface area contributed by atoms with Crippen LogP contribution >= 0.6 is 11.6 Å². The lowest BCUT2D eigenvalue weighted by Gasteiger charge is -2.37. The van der Waals surface area contributed by atoms with Crippen LogP contribution in [0.25, 0.3) is 16.4 Å². The van der Waals surface area contributed by atoms with Crippen molar-refractivity contribution in [2.45, 2.75) is 39.8 Å². The van der Waals surface area contributed by atoms with E-state index in [-0.39, 0.29) is 0 Å². The molecule has 0 radical (unpaired) electrons. The smallest absolute Gasteiger partial charge is 0.162 e. The zero-order chi connectivity index (χ0) is 21.0. The zero-order valence-corrected chi connectivity index (χ0v) is 18.2. The van der Waals surface area contributed by atoms with Crippen molar-refractivity contribution >= 4 is 45.3 Å². The molecule has 1 aliphatic heterocycles. The summed E-state index contributed by atoms with van der Waals surface area (Å²) in [6.07, 6.45) is 1.91. The quantitative estimate of drug-likeness (QED) is 0.463. The molecule has 0 saturated carbocycles. The fourth-order valence-corrected chi connectivity index (χ4v) is 4.68. The summed E-state index contributed by atoms with van der Waals surface area (Å²) in [6.45, 7) is 10.2. The molecule has 4 heterocycles. The second-order valence-electron chi connectivity index (χ2n) is 8.25. The van der Waals surface area contributed by atoms with Gasteiger partial charge in [-0.3, -0.25) is 10.1 Å². The van der Waals surface area contributed by atoms with Crippen molar-refractivity contribution in [2.75, 3.05) is 23.3 Å². The van der Waals surface area contributed by atoms with Gasteiger partial charge in [0.1, 0.15) is 0 Å². The van der Waals surface area contributed by atoms with E-state index >= 15 is 0 Å². The summed E-state index contributed by atoms with van der Waals surface area (Å²) in [6, 6.07) is 6.97. The number of fused-ring (bicyclic) bond motifs is 2. The van der Waals surface area contributed by atoms with Gasteiger partial charge in [0.15, 0.2) is 11.6 Å². The fraction of sp³-hybridized carbons (Fsp3) is 0.381. The van der Waals surface area contributed by atoms with Gasteiger partial charge in [0.05, 0.1) is 39.0 Å². The summed E-state index contributed by atoms with van der Waals surface area (Å²) in [5.74, 6) is 1.36. The Morgan fingerprint density at radius 3 is 2.67 bits per heavy atom. The lowest BCUT2D eigenvalue weighted by Crippen LogP contribution is -2.54. The van der Waals surface area contributed by atoms with Crippen molar-refractivity contribution < 1.29 is 0 Å². The summed E-state index contributed by atoms with van der Waals surface area (Å²) < 4.78 is 1.83. The average Bonchev–Trinajstić information content (AvgIpc) is 3.25. The number of hydrogen-bond acceptors (Lipinski definition) is 6. The molecule has 0 spiro atoms. The van der Waals surface area contributed by atoms with Gasteiger partial charge in [-0.2, -0.15) is 5.10 Å². The number of nitrogens with zero attached hydrogens (tertiary/aromatic N) is 5.